The highest BCUT2D eigenvalue weighted by atomic mass is 16.5. The van der Waals surface area contributed by atoms with Gasteiger partial charge in [-0.25, -0.2) is 0 Å². The number of nitrogens with zero attached hydrogens (tertiary/aromatic N) is 3. The van der Waals surface area contributed by atoms with E-state index in [0.717, 1.165) is 30.3 Å². The zero-order valence-corrected chi connectivity index (χ0v) is 25.3. The zero-order chi connectivity index (χ0) is 27.6. The Morgan fingerprint density at radius 3 is 2.36 bits per heavy atom. The van der Waals surface area contributed by atoms with E-state index in [9.17, 15) is 0 Å². The third-order valence-corrected chi connectivity index (χ3v) is 8.74. The van der Waals surface area contributed by atoms with Gasteiger partial charge in [0.15, 0.2) is 0 Å². The van der Waals surface area contributed by atoms with Crippen LogP contribution in [0.1, 0.15) is 78.7 Å². The molecule has 214 valence electrons. The SMILES string of the molecule is CC(C)=CCN(c1ccc(OCc2ccccc2)cc1)C1CCN(CC2CCCC(C)N2CCC(C)C)CC1. The first-order chi connectivity index (χ1) is 18.9. The molecule has 2 aromatic rings. The molecule has 2 heterocycles. The van der Waals surface area contributed by atoms with E-state index in [-0.39, 0.29) is 0 Å². The minimum atomic E-state index is 0.579. The average molecular weight is 532 g/mol. The van der Waals surface area contributed by atoms with Crippen LogP contribution >= 0.6 is 0 Å². The summed E-state index contributed by atoms with van der Waals surface area (Å²) in [5.41, 5.74) is 3.89. The van der Waals surface area contributed by atoms with Crippen molar-refractivity contribution in [2.45, 2.75) is 97.9 Å². The fraction of sp³-hybridized carbons (Fsp3) is 0.600. The maximum atomic E-state index is 6.06. The van der Waals surface area contributed by atoms with Gasteiger partial charge in [-0.05, 0) is 95.2 Å². The van der Waals surface area contributed by atoms with Crippen molar-refractivity contribution < 1.29 is 4.74 Å². The topological polar surface area (TPSA) is 19.0 Å². The van der Waals surface area contributed by atoms with Crippen LogP contribution in [0.25, 0.3) is 0 Å². The largest absolute Gasteiger partial charge is 0.489 e. The molecule has 2 aliphatic heterocycles. The summed E-state index contributed by atoms with van der Waals surface area (Å²) in [5, 5.41) is 0. The molecule has 0 N–H and O–H groups in total. The van der Waals surface area contributed by atoms with Gasteiger partial charge in [0.05, 0.1) is 0 Å². The molecule has 0 amide bonds. The van der Waals surface area contributed by atoms with Gasteiger partial charge in [0.1, 0.15) is 12.4 Å². The molecule has 2 aromatic carbocycles. The number of piperidine rings is 2. The van der Waals surface area contributed by atoms with Gasteiger partial charge in [0.25, 0.3) is 0 Å². The maximum absolute atomic E-state index is 6.06. The summed E-state index contributed by atoms with van der Waals surface area (Å²) in [6.45, 7) is 18.1. The van der Waals surface area contributed by atoms with Crippen molar-refractivity contribution in [3.05, 3.63) is 71.8 Å². The smallest absolute Gasteiger partial charge is 0.119 e. The van der Waals surface area contributed by atoms with E-state index in [0.29, 0.717) is 12.6 Å². The number of likely N-dealkylation sites (tertiary alicyclic amines) is 2. The molecule has 0 aromatic heterocycles. The van der Waals surface area contributed by atoms with E-state index >= 15 is 0 Å². The molecule has 0 bridgehead atoms. The molecule has 4 nitrogen and oxygen atoms in total. The lowest BCUT2D eigenvalue weighted by Crippen LogP contribution is -2.53. The number of benzene rings is 2. The molecule has 39 heavy (non-hydrogen) atoms. The molecule has 4 heteroatoms. The summed E-state index contributed by atoms with van der Waals surface area (Å²) in [5.74, 6) is 1.72. The van der Waals surface area contributed by atoms with Crippen LogP contribution in [0.15, 0.2) is 66.2 Å². The molecular formula is C35H53N3O. The molecule has 0 aliphatic carbocycles. The number of rotatable bonds is 12. The maximum Gasteiger partial charge on any atom is 0.119 e. The van der Waals surface area contributed by atoms with Crippen molar-refractivity contribution in [3.63, 3.8) is 0 Å². The van der Waals surface area contributed by atoms with Crippen molar-refractivity contribution >= 4 is 5.69 Å². The van der Waals surface area contributed by atoms with E-state index < -0.39 is 0 Å². The van der Waals surface area contributed by atoms with E-state index in [2.05, 4.69) is 104 Å². The van der Waals surface area contributed by atoms with E-state index in [1.807, 2.05) is 6.07 Å². The van der Waals surface area contributed by atoms with Gasteiger partial charge >= 0.3 is 0 Å². The standard InChI is InChI=1S/C35H53N3O/c1-28(2)18-24-37-30(5)10-9-13-34(37)26-36-22-20-33(21-23-36)38(25-19-29(3)4)32-14-16-35(17-15-32)39-27-31-11-7-6-8-12-31/h6-8,11-12,14-17,19,28,30,33-34H,9-10,13,18,20-27H2,1-5H3. The number of anilines is 1. The van der Waals surface area contributed by atoms with Gasteiger partial charge in [0, 0.05) is 50.0 Å². The first-order valence-corrected chi connectivity index (χ1v) is 15.5. The summed E-state index contributed by atoms with van der Waals surface area (Å²) in [4.78, 5) is 8.24. The van der Waals surface area contributed by atoms with Crippen LogP contribution in [0.4, 0.5) is 5.69 Å². The Bertz CT molecular complexity index is 990. The predicted molar refractivity (Wildman–Crippen MR) is 167 cm³/mol. The fourth-order valence-corrected chi connectivity index (χ4v) is 6.28. The van der Waals surface area contributed by atoms with Crippen molar-refractivity contribution in [1.82, 2.24) is 9.80 Å². The van der Waals surface area contributed by atoms with Crippen LogP contribution in [0.3, 0.4) is 0 Å². The predicted octanol–water partition coefficient (Wildman–Crippen LogP) is 7.79. The molecule has 2 atom stereocenters. The molecular weight excluding hydrogens is 478 g/mol. The fourth-order valence-electron chi connectivity index (χ4n) is 6.28. The first-order valence-electron chi connectivity index (χ1n) is 15.5. The van der Waals surface area contributed by atoms with E-state index in [4.69, 9.17) is 4.74 Å². The lowest BCUT2D eigenvalue weighted by Gasteiger charge is -2.45. The number of allylic oxidation sites excluding steroid dienone is 1. The highest BCUT2D eigenvalue weighted by molar-refractivity contribution is 5.51. The zero-order valence-electron chi connectivity index (χ0n) is 25.3. The quantitative estimate of drug-likeness (QED) is 0.260. The van der Waals surface area contributed by atoms with E-state index in [1.54, 1.807) is 0 Å². The monoisotopic (exact) mass is 531 g/mol. The second kappa shape index (κ2) is 14.9. The summed E-state index contributed by atoms with van der Waals surface area (Å²) in [6, 6.07) is 21.2. The minimum absolute atomic E-state index is 0.579. The number of hydrogen-bond acceptors (Lipinski definition) is 4. The van der Waals surface area contributed by atoms with Crippen molar-refractivity contribution in [2.24, 2.45) is 5.92 Å². The summed E-state index contributed by atoms with van der Waals surface area (Å²) in [6.07, 6.45) is 10.3. The lowest BCUT2D eigenvalue weighted by molar-refractivity contribution is 0.0532. The molecule has 0 saturated carbocycles. The third-order valence-electron chi connectivity index (χ3n) is 8.74. The molecule has 0 spiro atoms. The van der Waals surface area contributed by atoms with Crippen LogP contribution in [0, 0.1) is 5.92 Å². The third kappa shape index (κ3) is 9.11. The highest BCUT2D eigenvalue weighted by Crippen LogP contribution is 2.29. The number of hydrogen-bond donors (Lipinski definition) is 0. The molecule has 4 rings (SSSR count). The van der Waals surface area contributed by atoms with Crippen LogP contribution in [0.5, 0.6) is 5.75 Å². The summed E-state index contributed by atoms with van der Waals surface area (Å²) >= 11 is 0. The normalized spacial score (nSPS) is 21.2. The Morgan fingerprint density at radius 2 is 1.69 bits per heavy atom. The number of ether oxygens (including phenoxy) is 1. The molecule has 2 aliphatic rings. The second-order valence-electron chi connectivity index (χ2n) is 12.6. The van der Waals surface area contributed by atoms with Gasteiger partial charge in [-0.3, -0.25) is 4.90 Å². The van der Waals surface area contributed by atoms with Gasteiger partial charge in [-0.1, -0.05) is 62.2 Å². The Morgan fingerprint density at radius 1 is 0.974 bits per heavy atom. The summed E-state index contributed by atoms with van der Waals surface area (Å²) < 4.78 is 6.06. The summed E-state index contributed by atoms with van der Waals surface area (Å²) in [7, 11) is 0. The minimum Gasteiger partial charge on any atom is -0.489 e. The highest BCUT2D eigenvalue weighted by Gasteiger charge is 2.31. The van der Waals surface area contributed by atoms with Gasteiger partial charge in [0.2, 0.25) is 0 Å². The Balaban J connectivity index is 1.34. The lowest BCUT2D eigenvalue weighted by atomic mass is 9.94. The van der Waals surface area contributed by atoms with Crippen LogP contribution in [-0.2, 0) is 6.61 Å². The first kappa shape index (κ1) is 29.7. The van der Waals surface area contributed by atoms with Crippen molar-refractivity contribution in [1.29, 1.82) is 0 Å². The van der Waals surface area contributed by atoms with Crippen LogP contribution in [0.2, 0.25) is 0 Å². The molecule has 0 radical (unpaired) electrons. The Labute approximate surface area is 239 Å². The van der Waals surface area contributed by atoms with Gasteiger partial charge < -0.3 is 14.5 Å². The van der Waals surface area contributed by atoms with Crippen molar-refractivity contribution in [2.75, 3.05) is 37.6 Å². The van der Waals surface area contributed by atoms with Gasteiger partial charge in [-0.15, -0.1) is 0 Å². The second-order valence-corrected chi connectivity index (χ2v) is 12.6. The molecule has 2 saturated heterocycles. The Hall–Kier alpha value is -2.30. The average Bonchev–Trinajstić information content (AvgIpc) is 2.93. The Kier molecular flexibility index (Phi) is 11.3. The van der Waals surface area contributed by atoms with Crippen molar-refractivity contribution in [3.8, 4) is 5.75 Å². The van der Waals surface area contributed by atoms with Crippen LogP contribution in [-0.4, -0.2) is 60.6 Å². The molecule has 2 unspecified atom stereocenters. The molecule has 2 fully saturated rings. The van der Waals surface area contributed by atoms with Gasteiger partial charge in [-0.2, -0.15) is 0 Å². The van der Waals surface area contributed by atoms with E-state index in [1.165, 1.54) is 81.5 Å². The van der Waals surface area contributed by atoms with Crippen LogP contribution < -0.4 is 9.64 Å².